The molecule has 1 N–H and O–H groups in total. The third-order valence-corrected chi connectivity index (χ3v) is 3.68. The van der Waals surface area contributed by atoms with Crippen LogP contribution in [0.15, 0.2) is 42.5 Å². The number of nitrogens with zero attached hydrogens (tertiary/aromatic N) is 1. The number of nitro benzene ring substituents is 1. The molecule has 25 heavy (non-hydrogen) atoms. The van der Waals surface area contributed by atoms with Crippen molar-refractivity contribution in [3.8, 4) is 5.75 Å². The van der Waals surface area contributed by atoms with E-state index >= 15 is 0 Å². The van der Waals surface area contributed by atoms with Gasteiger partial charge in [-0.2, -0.15) is 0 Å². The van der Waals surface area contributed by atoms with Crippen molar-refractivity contribution >= 4 is 35.0 Å². The summed E-state index contributed by atoms with van der Waals surface area (Å²) in [7, 11) is 0. The highest BCUT2D eigenvalue weighted by Gasteiger charge is 2.19. The van der Waals surface area contributed by atoms with Crippen LogP contribution in [0.1, 0.15) is 11.1 Å². The molecule has 8 heteroatoms. The van der Waals surface area contributed by atoms with Gasteiger partial charge in [-0.1, -0.05) is 17.7 Å². The molecule has 0 unspecified atom stereocenters. The van der Waals surface area contributed by atoms with Crippen molar-refractivity contribution in [3.63, 3.8) is 0 Å². The fourth-order valence-corrected chi connectivity index (χ4v) is 2.57. The lowest BCUT2D eigenvalue weighted by Gasteiger charge is -2.19. The summed E-state index contributed by atoms with van der Waals surface area (Å²) < 4.78 is 10.6. The van der Waals surface area contributed by atoms with Gasteiger partial charge in [-0.05, 0) is 24.3 Å². The predicted molar refractivity (Wildman–Crippen MR) is 92.5 cm³/mol. The topological polar surface area (TPSA) is 90.7 Å². The number of hydrogen-bond donors (Lipinski definition) is 1. The summed E-state index contributed by atoms with van der Waals surface area (Å²) in [6.45, 7) is 0.271. The molecule has 0 bridgehead atoms. The van der Waals surface area contributed by atoms with E-state index in [1.165, 1.54) is 24.3 Å². The van der Waals surface area contributed by atoms with Gasteiger partial charge in [-0.3, -0.25) is 14.9 Å². The molecule has 0 atom stereocenters. The Balaban J connectivity index is 1.83. The van der Waals surface area contributed by atoms with Crippen molar-refractivity contribution in [2.75, 3.05) is 12.1 Å². The molecule has 2 aromatic carbocycles. The number of nitro groups is 1. The molecular formula is C17H13ClN2O5. The molecular weight excluding hydrogens is 348 g/mol. The first-order valence-corrected chi connectivity index (χ1v) is 7.67. The van der Waals surface area contributed by atoms with Crippen LogP contribution in [-0.4, -0.2) is 17.6 Å². The molecule has 3 rings (SSSR count). The number of carbonyl (C=O) groups excluding carboxylic acids is 1. The number of rotatable bonds is 4. The molecule has 1 amide bonds. The zero-order valence-electron chi connectivity index (χ0n) is 12.9. The lowest BCUT2D eigenvalue weighted by atomic mass is 10.1. The predicted octanol–water partition coefficient (Wildman–Crippen LogP) is 3.77. The zero-order valence-corrected chi connectivity index (χ0v) is 13.7. The third kappa shape index (κ3) is 4.14. The summed E-state index contributed by atoms with van der Waals surface area (Å²) in [5, 5.41) is 14.2. The van der Waals surface area contributed by atoms with Gasteiger partial charge in [0.15, 0.2) is 6.79 Å². The maximum Gasteiger partial charge on any atom is 0.270 e. The van der Waals surface area contributed by atoms with Crippen LogP contribution in [0.5, 0.6) is 5.75 Å². The van der Waals surface area contributed by atoms with Crippen molar-refractivity contribution in [2.45, 2.75) is 6.61 Å². The van der Waals surface area contributed by atoms with Crippen molar-refractivity contribution in [1.29, 1.82) is 0 Å². The van der Waals surface area contributed by atoms with Crippen molar-refractivity contribution in [2.24, 2.45) is 0 Å². The Morgan fingerprint density at radius 3 is 2.92 bits per heavy atom. The summed E-state index contributed by atoms with van der Waals surface area (Å²) in [6.07, 6.45) is 2.75. The standard InChI is InChI=1S/C17H13ClN2O5/c18-13-2-1-3-14(8-13)19-16(21)5-4-11-6-15(20(22)23)7-12-9-24-10-25-17(11)12/h1-8H,9-10H2,(H,19,21)/b5-4+. The van der Waals surface area contributed by atoms with Crippen LogP contribution < -0.4 is 10.1 Å². The van der Waals surface area contributed by atoms with Gasteiger partial charge in [0.05, 0.1) is 11.5 Å². The molecule has 0 aromatic heterocycles. The molecule has 0 saturated carbocycles. The number of benzene rings is 2. The van der Waals surface area contributed by atoms with Crippen LogP contribution >= 0.6 is 11.6 Å². The smallest absolute Gasteiger partial charge is 0.270 e. The first kappa shape index (κ1) is 16.9. The number of amides is 1. The number of non-ortho nitro benzene ring substituents is 1. The molecule has 0 spiro atoms. The molecule has 1 aliphatic rings. The van der Waals surface area contributed by atoms with Crippen LogP contribution in [-0.2, 0) is 16.1 Å². The molecule has 0 saturated heterocycles. The Morgan fingerprint density at radius 2 is 2.16 bits per heavy atom. The summed E-state index contributed by atoms with van der Waals surface area (Å²) in [6, 6.07) is 9.48. The summed E-state index contributed by atoms with van der Waals surface area (Å²) in [4.78, 5) is 22.6. The molecule has 1 heterocycles. The summed E-state index contributed by atoms with van der Waals surface area (Å²) in [5.41, 5.74) is 1.46. The Labute approximate surface area is 148 Å². The Morgan fingerprint density at radius 1 is 1.32 bits per heavy atom. The first-order valence-electron chi connectivity index (χ1n) is 7.29. The highest BCUT2D eigenvalue weighted by molar-refractivity contribution is 6.30. The monoisotopic (exact) mass is 360 g/mol. The average Bonchev–Trinajstić information content (AvgIpc) is 2.59. The minimum Gasteiger partial charge on any atom is -0.467 e. The van der Waals surface area contributed by atoms with E-state index in [1.807, 2.05) is 0 Å². The van der Waals surface area contributed by atoms with E-state index in [2.05, 4.69) is 5.32 Å². The molecule has 0 fully saturated rings. The van der Waals surface area contributed by atoms with Crippen LogP contribution in [0.4, 0.5) is 11.4 Å². The number of halogens is 1. The summed E-state index contributed by atoms with van der Waals surface area (Å²) in [5.74, 6) is 0.0817. The van der Waals surface area contributed by atoms with E-state index in [0.717, 1.165) is 0 Å². The molecule has 128 valence electrons. The van der Waals surface area contributed by atoms with E-state index in [-0.39, 0.29) is 19.1 Å². The van der Waals surface area contributed by atoms with Crippen LogP contribution in [0.25, 0.3) is 6.08 Å². The summed E-state index contributed by atoms with van der Waals surface area (Å²) >= 11 is 5.87. The van der Waals surface area contributed by atoms with Gasteiger partial charge in [-0.15, -0.1) is 0 Å². The fraction of sp³-hybridized carbons (Fsp3) is 0.118. The van der Waals surface area contributed by atoms with Gasteiger partial charge in [-0.25, -0.2) is 0 Å². The number of ether oxygens (including phenoxy) is 2. The highest BCUT2D eigenvalue weighted by atomic mass is 35.5. The van der Waals surface area contributed by atoms with Gasteiger partial charge in [0.2, 0.25) is 5.91 Å². The third-order valence-electron chi connectivity index (χ3n) is 3.44. The highest BCUT2D eigenvalue weighted by Crippen LogP contribution is 2.33. The maximum absolute atomic E-state index is 12.0. The number of nitrogens with one attached hydrogen (secondary N) is 1. The minimum absolute atomic E-state index is 0.0559. The van der Waals surface area contributed by atoms with Gasteiger partial charge in [0.25, 0.3) is 5.69 Å². The normalized spacial score (nSPS) is 13.2. The molecule has 1 aliphatic heterocycles. The lowest BCUT2D eigenvalue weighted by molar-refractivity contribution is -0.385. The van der Waals surface area contributed by atoms with Gasteiger partial charge >= 0.3 is 0 Å². The van der Waals surface area contributed by atoms with E-state index in [0.29, 0.717) is 27.6 Å². The maximum atomic E-state index is 12.0. The average molecular weight is 361 g/mol. The van der Waals surface area contributed by atoms with E-state index in [9.17, 15) is 14.9 Å². The van der Waals surface area contributed by atoms with E-state index in [4.69, 9.17) is 21.1 Å². The fourth-order valence-electron chi connectivity index (χ4n) is 2.38. The molecule has 7 nitrogen and oxygen atoms in total. The second-order valence-corrected chi connectivity index (χ2v) is 5.66. The van der Waals surface area contributed by atoms with Crippen LogP contribution in [0.3, 0.4) is 0 Å². The van der Waals surface area contributed by atoms with Gasteiger partial charge in [0, 0.05) is 40.0 Å². The van der Waals surface area contributed by atoms with Crippen molar-refractivity contribution in [1.82, 2.24) is 0 Å². The van der Waals surface area contributed by atoms with E-state index < -0.39 is 10.8 Å². The number of fused-ring (bicyclic) bond motifs is 1. The van der Waals surface area contributed by atoms with Gasteiger partial charge in [0.1, 0.15) is 5.75 Å². The number of carbonyl (C=O) groups is 1. The van der Waals surface area contributed by atoms with Crippen LogP contribution in [0, 0.1) is 10.1 Å². The quantitative estimate of drug-likeness (QED) is 0.509. The molecule has 2 aromatic rings. The lowest BCUT2D eigenvalue weighted by Crippen LogP contribution is -2.13. The van der Waals surface area contributed by atoms with Crippen molar-refractivity contribution < 1.29 is 19.2 Å². The zero-order chi connectivity index (χ0) is 17.8. The largest absolute Gasteiger partial charge is 0.467 e. The Hall–Kier alpha value is -2.90. The number of anilines is 1. The second kappa shape index (κ2) is 7.33. The van der Waals surface area contributed by atoms with Crippen LogP contribution in [0.2, 0.25) is 5.02 Å². The second-order valence-electron chi connectivity index (χ2n) is 5.22. The number of hydrogen-bond acceptors (Lipinski definition) is 5. The van der Waals surface area contributed by atoms with Gasteiger partial charge < -0.3 is 14.8 Å². The Kier molecular flexibility index (Phi) is 4.97. The minimum atomic E-state index is -0.502. The van der Waals surface area contributed by atoms with E-state index in [1.54, 1.807) is 24.3 Å². The van der Waals surface area contributed by atoms with Crippen molar-refractivity contribution in [3.05, 3.63) is 68.7 Å². The SMILES string of the molecule is O=C(/C=C/c1cc([N+](=O)[O-])cc2c1OCOC2)Nc1cccc(Cl)c1. The molecule has 0 aliphatic carbocycles. The first-order chi connectivity index (χ1) is 12.0. The molecule has 0 radical (unpaired) electrons. The Bertz CT molecular complexity index is 866.